The van der Waals surface area contributed by atoms with Gasteiger partial charge in [0.15, 0.2) is 0 Å². The fraction of sp³-hybridized carbons (Fsp3) is 0.0556. The first-order valence-electron chi connectivity index (χ1n) is 6.93. The molecule has 1 aromatic heterocycles. The summed E-state index contributed by atoms with van der Waals surface area (Å²) < 4.78 is 28.5. The van der Waals surface area contributed by atoms with Gasteiger partial charge in [0.25, 0.3) is 0 Å². The number of nitrogens with zero attached hydrogens (tertiary/aromatic N) is 1. The smallest absolute Gasteiger partial charge is 0.387 e. The highest BCUT2D eigenvalue weighted by molar-refractivity contribution is 5.85. The van der Waals surface area contributed by atoms with Crippen molar-refractivity contribution in [3.8, 4) is 11.5 Å². The zero-order chi connectivity index (χ0) is 16.2. The van der Waals surface area contributed by atoms with Crippen LogP contribution in [0.25, 0.3) is 23.1 Å². The largest absolute Gasteiger partial charge is 0.506 e. The third kappa shape index (κ3) is 3.63. The molecule has 0 fully saturated rings. The molecule has 0 aliphatic carbocycles. The first kappa shape index (κ1) is 15.0. The van der Waals surface area contributed by atoms with Gasteiger partial charge in [-0.1, -0.05) is 36.4 Å². The summed E-state index contributed by atoms with van der Waals surface area (Å²) in [6.07, 6.45) is 3.59. The van der Waals surface area contributed by atoms with Crippen LogP contribution in [0.2, 0.25) is 0 Å². The Morgan fingerprint density at radius 1 is 0.957 bits per heavy atom. The molecule has 3 nitrogen and oxygen atoms in total. The molecule has 0 aliphatic heterocycles. The van der Waals surface area contributed by atoms with E-state index >= 15 is 0 Å². The maximum atomic E-state index is 12.1. The Morgan fingerprint density at radius 3 is 2.48 bits per heavy atom. The van der Waals surface area contributed by atoms with Crippen LogP contribution in [0.5, 0.6) is 11.5 Å². The topological polar surface area (TPSA) is 42.4 Å². The molecule has 0 radical (unpaired) electrons. The molecule has 2 aromatic carbocycles. The second-order valence-electron chi connectivity index (χ2n) is 4.87. The lowest BCUT2D eigenvalue weighted by Gasteiger charge is -2.04. The van der Waals surface area contributed by atoms with E-state index in [1.54, 1.807) is 36.4 Å². The van der Waals surface area contributed by atoms with Crippen molar-refractivity contribution in [2.45, 2.75) is 6.61 Å². The summed E-state index contributed by atoms with van der Waals surface area (Å²) in [6.45, 7) is -2.83. The minimum atomic E-state index is -2.83. The Hall–Kier alpha value is -2.95. The second-order valence-corrected chi connectivity index (χ2v) is 4.87. The van der Waals surface area contributed by atoms with Gasteiger partial charge in [-0.2, -0.15) is 8.78 Å². The van der Waals surface area contributed by atoms with Crippen LogP contribution in [0, 0.1) is 0 Å². The lowest BCUT2D eigenvalue weighted by Crippen LogP contribution is -2.01. The zero-order valence-electron chi connectivity index (χ0n) is 12.0. The molecule has 0 bridgehead atoms. The fourth-order valence-electron chi connectivity index (χ4n) is 2.18. The van der Waals surface area contributed by atoms with E-state index in [4.69, 9.17) is 0 Å². The average Bonchev–Trinajstić information content (AvgIpc) is 2.54. The van der Waals surface area contributed by atoms with Crippen LogP contribution in [-0.2, 0) is 0 Å². The number of pyridine rings is 1. The maximum Gasteiger partial charge on any atom is 0.387 e. The van der Waals surface area contributed by atoms with Crippen molar-refractivity contribution in [1.82, 2.24) is 4.98 Å². The summed E-state index contributed by atoms with van der Waals surface area (Å²) in [4.78, 5) is 4.39. The SMILES string of the molecule is Oc1cccc2ccc(C=Cc3ccc(OC(F)F)cc3)nc12. The van der Waals surface area contributed by atoms with Gasteiger partial charge < -0.3 is 9.84 Å². The van der Waals surface area contributed by atoms with Crippen molar-refractivity contribution < 1.29 is 18.6 Å². The van der Waals surface area contributed by atoms with Crippen LogP contribution >= 0.6 is 0 Å². The van der Waals surface area contributed by atoms with Crippen molar-refractivity contribution >= 4 is 23.1 Å². The van der Waals surface area contributed by atoms with Gasteiger partial charge in [-0.15, -0.1) is 0 Å². The number of phenolic OH excluding ortho intramolecular Hbond substituents is 1. The molecule has 5 heteroatoms. The Labute approximate surface area is 131 Å². The number of hydrogen-bond donors (Lipinski definition) is 1. The van der Waals surface area contributed by atoms with Crippen LogP contribution in [0.1, 0.15) is 11.3 Å². The van der Waals surface area contributed by atoms with E-state index in [-0.39, 0.29) is 11.5 Å². The number of para-hydroxylation sites is 1. The van der Waals surface area contributed by atoms with Gasteiger partial charge in [0.1, 0.15) is 17.0 Å². The number of hydrogen-bond acceptors (Lipinski definition) is 3. The van der Waals surface area contributed by atoms with Gasteiger partial charge in [-0.3, -0.25) is 0 Å². The maximum absolute atomic E-state index is 12.1. The molecular formula is C18H13F2NO2. The molecule has 0 amide bonds. The number of halogens is 2. The Balaban J connectivity index is 1.81. The number of alkyl halides is 2. The van der Waals surface area contributed by atoms with Gasteiger partial charge in [0.05, 0.1) is 5.69 Å². The van der Waals surface area contributed by atoms with Crippen LogP contribution in [0.3, 0.4) is 0 Å². The van der Waals surface area contributed by atoms with Crippen molar-refractivity contribution in [2.75, 3.05) is 0 Å². The van der Waals surface area contributed by atoms with E-state index in [1.165, 1.54) is 12.1 Å². The lowest BCUT2D eigenvalue weighted by atomic mass is 10.1. The predicted octanol–water partition coefficient (Wildman–Crippen LogP) is 4.71. The molecule has 23 heavy (non-hydrogen) atoms. The number of rotatable bonds is 4. The molecule has 3 rings (SSSR count). The van der Waals surface area contributed by atoms with E-state index in [0.717, 1.165) is 10.9 Å². The van der Waals surface area contributed by atoms with Gasteiger partial charge in [-0.05, 0) is 35.9 Å². The highest BCUT2D eigenvalue weighted by Crippen LogP contribution is 2.23. The predicted molar refractivity (Wildman–Crippen MR) is 85.4 cm³/mol. The van der Waals surface area contributed by atoms with Crippen LogP contribution < -0.4 is 4.74 Å². The zero-order valence-corrected chi connectivity index (χ0v) is 12.0. The molecule has 3 aromatic rings. The molecule has 0 unspecified atom stereocenters. The number of ether oxygens (including phenoxy) is 1. The Morgan fingerprint density at radius 2 is 1.74 bits per heavy atom. The minimum absolute atomic E-state index is 0.117. The van der Waals surface area contributed by atoms with E-state index in [0.29, 0.717) is 11.2 Å². The van der Waals surface area contributed by atoms with E-state index in [9.17, 15) is 13.9 Å². The molecule has 116 valence electrons. The number of fused-ring (bicyclic) bond motifs is 1. The van der Waals surface area contributed by atoms with Crippen molar-refractivity contribution in [3.05, 3.63) is 65.9 Å². The van der Waals surface area contributed by atoms with Gasteiger partial charge in [0, 0.05) is 5.39 Å². The van der Waals surface area contributed by atoms with Gasteiger partial charge in [-0.25, -0.2) is 4.98 Å². The van der Waals surface area contributed by atoms with Crippen LogP contribution in [0.4, 0.5) is 8.78 Å². The summed E-state index contributed by atoms with van der Waals surface area (Å²) in [7, 11) is 0. The summed E-state index contributed by atoms with van der Waals surface area (Å²) in [5.74, 6) is 0.247. The van der Waals surface area contributed by atoms with Crippen molar-refractivity contribution in [2.24, 2.45) is 0 Å². The number of aromatic hydroxyl groups is 1. The quantitative estimate of drug-likeness (QED) is 0.758. The van der Waals surface area contributed by atoms with E-state index in [2.05, 4.69) is 9.72 Å². The monoisotopic (exact) mass is 313 g/mol. The van der Waals surface area contributed by atoms with Crippen molar-refractivity contribution in [1.29, 1.82) is 0 Å². The number of phenols is 1. The fourth-order valence-corrected chi connectivity index (χ4v) is 2.18. The molecule has 0 saturated carbocycles. The molecule has 0 saturated heterocycles. The second kappa shape index (κ2) is 6.44. The normalized spacial score (nSPS) is 11.4. The molecular weight excluding hydrogens is 300 g/mol. The summed E-state index contributed by atoms with van der Waals surface area (Å²) >= 11 is 0. The highest BCUT2D eigenvalue weighted by Gasteiger charge is 2.03. The summed E-state index contributed by atoms with van der Waals surface area (Å²) in [5, 5.41) is 10.7. The van der Waals surface area contributed by atoms with E-state index < -0.39 is 6.61 Å². The van der Waals surface area contributed by atoms with Crippen LogP contribution in [0.15, 0.2) is 54.6 Å². The Kier molecular flexibility index (Phi) is 4.19. The molecule has 1 N–H and O–H groups in total. The number of aromatic nitrogens is 1. The minimum Gasteiger partial charge on any atom is -0.506 e. The first-order valence-corrected chi connectivity index (χ1v) is 6.93. The molecule has 0 atom stereocenters. The summed E-state index contributed by atoms with van der Waals surface area (Å²) in [5.41, 5.74) is 2.05. The first-order chi connectivity index (χ1) is 11.1. The summed E-state index contributed by atoms with van der Waals surface area (Å²) in [6, 6.07) is 15.2. The van der Waals surface area contributed by atoms with Gasteiger partial charge in [0.2, 0.25) is 0 Å². The molecule has 0 spiro atoms. The van der Waals surface area contributed by atoms with Crippen LogP contribution in [-0.4, -0.2) is 16.7 Å². The standard InChI is InChI=1S/C18H13F2NO2/c19-18(20)23-15-10-5-12(6-11-15)4-8-14-9-7-13-2-1-3-16(22)17(13)21-14/h1-11,18,22H. The number of benzene rings is 2. The van der Waals surface area contributed by atoms with Crippen molar-refractivity contribution in [3.63, 3.8) is 0 Å². The van der Waals surface area contributed by atoms with E-state index in [1.807, 2.05) is 18.2 Å². The Bertz CT molecular complexity index is 845. The third-order valence-corrected chi connectivity index (χ3v) is 3.27. The average molecular weight is 313 g/mol. The molecule has 0 aliphatic rings. The highest BCUT2D eigenvalue weighted by atomic mass is 19.3. The third-order valence-electron chi connectivity index (χ3n) is 3.27. The lowest BCUT2D eigenvalue weighted by molar-refractivity contribution is -0.0498. The molecule has 1 heterocycles. The van der Waals surface area contributed by atoms with Gasteiger partial charge >= 0.3 is 6.61 Å².